The Labute approximate surface area is 162 Å². The smallest absolute Gasteiger partial charge is 0.328 e. The predicted octanol–water partition coefficient (Wildman–Crippen LogP) is 2.30. The van der Waals surface area contributed by atoms with Gasteiger partial charge in [0.1, 0.15) is 5.76 Å². The third kappa shape index (κ3) is 2.96. The number of fused-ring (bicyclic) bond motifs is 1. The van der Waals surface area contributed by atoms with Gasteiger partial charge in [-0.15, -0.1) is 0 Å². The van der Waals surface area contributed by atoms with Gasteiger partial charge in [-0.2, -0.15) is 0 Å². The largest absolute Gasteiger partial charge is 0.444 e. The van der Waals surface area contributed by atoms with E-state index in [1.54, 1.807) is 0 Å². The molecule has 4 rings (SSSR count). The first-order valence-corrected chi connectivity index (χ1v) is 9.24. The topological polar surface area (TPSA) is 95.3 Å². The van der Waals surface area contributed by atoms with Gasteiger partial charge in [0.15, 0.2) is 5.78 Å². The van der Waals surface area contributed by atoms with Gasteiger partial charge in [0.2, 0.25) is 5.88 Å². The molecule has 0 amide bonds. The molecule has 2 aliphatic rings. The highest BCUT2D eigenvalue weighted by Gasteiger charge is 2.43. The van der Waals surface area contributed by atoms with Gasteiger partial charge in [0.05, 0.1) is 11.5 Å². The highest BCUT2D eigenvalue weighted by molar-refractivity contribution is 6.00. The first-order chi connectivity index (χ1) is 13.2. The molecule has 0 fully saturated rings. The average Bonchev–Trinajstić information content (AvgIpc) is 2.58. The lowest BCUT2D eigenvalue weighted by atomic mass is 9.70. The Morgan fingerprint density at radius 3 is 2.36 bits per heavy atom. The van der Waals surface area contributed by atoms with Crippen molar-refractivity contribution in [2.45, 2.75) is 32.6 Å². The second kappa shape index (κ2) is 6.22. The summed E-state index contributed by atoms with van der Waals surface area (Å²) in [6, 6.07) is 7.72. The number of H-pyrrole nitrogens is 2. The maximum atomic E-state index is 13.1. The molecule has 1 unspecified atom stereocenters. The van der Waals surface area contributed by atoms with Gasteiger partial charge in [-0.25, -0.2) is 4.79 Å². The molecule has 2 N–H and O–H groups in total. The van der Waals surface area contributed by atoms with Crippen LogP contribution in [-0.4, -0.2) is 29.8 Å². The summed E-state index contributed by atoms with van der Waals surface area (Å²) in [7, 11) is 3.89. The Morgan fingerprint density at radius 2 is 1.71 bits per heavy atom. The van der Waals surface area contributed by atoms with Crippen LogP contribution in [0, 0.1) is 5.41 Å². The number of anilines is 1. The minimum absolute atomic E-state index is 0.0239. The molecular weight excluding hydrogens is 358 g/mol. The number of benzene rings is 1. The third-order valence-electron chi connectivity index (χ3n) is 5.37. The normalized spacial score (nSPS) is 20.3. The van der Waals surface area contributed by atoms with Crippen LogP contribution in [0.1, 0.15) is 43.7 Å². The van der Waals surface area contributed by atoms with Crippen molar-refractivity contribution in [2.24, 2.45) is 5.41 Å². The van der Waals surface area contributed by atoms with Crippen LogP contribution in [0.2, 0.25) is 0 Å². The van der Waals surface area contributed by atoms with E-state index in [4.69, 9.17) is 4.74 Å². The number of rotatable bonds is 2. The van der Waals surface area contributed by atoms with E-state index < -0.39 is 17.2 Å². The second-order valence-electron chi connectivity index (χ2n) is 8.45. The van der Waals surface area contributed by atoms with Gasteiger partial charge in [0, 0.05) is 38.2 Å². The molecule has 28 heavy (non-hydrogen) atoms. The number of nitrogens with zero attached hydrogens (tertiary/aromatic N) is 1. The number of hydrogen-bond donors (Lipinski definition) is 2. The Hall–Kier alpha value is -3.09. The number of Topliss-reactive ketones (excluding diaryl/α,β-unsaturated/α-hetero) is 1. The number of ether oxygens (including phenoxy) is 1. The molecule has 1 aliphatic carbocycles. The average molecular weight is 381 g/mol. The molecule has 1 aliphatic heterocycles. The van der Waals surface area contributed by atoms with Crippen molar-refractivity contribution in [3.05, 3.63) is 67.6 Å². The van der Waals surface area contributed by atoms with E-state index in [9.17, 15) is 14.4 Å². The Morgan fingerprint density at radius 1 is 1.04 bits per heavy atom. The predicted molar refractivity (Wildman–Crippen MR) is 106 cm³/mol. The van der Waals surface area contributed by atoms with Gasteiger partial charge in [-0.3, -0.25) is 19.6 Å². The number of ketones is 1. The van der Waals surface area contributed by atoms with E-state index in [0.29, 0.717) is 24.2 Å². The summed E-state index contributed by atoms with van der Waals surface area (Å²) in [5, 5.41) is 0. The van der Waals surface area contributed by atoms with E-state index >= 15 is 0 Å². The summed E-state index contributed by atoms with van der Waals surface area (Å²) in [6.07, 6.45) is 0.951. The van der Waals surface area contributed by atoms with Gasteiger partial charge >= 0.3 is 5.69 Å². The van der Waals surface area contributed by atoms with E-state index in [0.717, 1.165) is 11.3 Å². The van der Waals surface area contributed by atoms with E-state index in [1.807, 2.05) is 57.1 Å². The van der Waals surface area contributed by atoms with Crippen molar-refractivity contribution in [2.75, 3.05) is 19.0 Å². The SMILES string of the molecule is CN(C)c1ccc(C2C3=C(CC(C)(C)CC3=O)Oc3[nH]c(=O)[nH]c(=O)c32)cc1. The fourth-order valence-corrected chi connectivity index (χ4v) is 4.07. The monoisotopic (exact) mass is 381 g/mol. The minimum atomic E-state index is -0.629. The Bertz CT molecular complexity index is 1100. The second-order valence-corrected chi connectivity index (χ2v) is 8.45. The maximum Gasteiger partial charge on any atom is 0.328 e. The summed E-state index contributed by atoms with van der Waals surface area (Å²) in [4.78, 5) is 44.3. The van der Waals surface area contributed by atoms with Gasteiger partial charge < -0.3 is 9.64 Å². The highest BCUT2D eigenvalue weighted by Crippen LogP contribution is 2.48. The summed E-state index contributed by atoms with van der Waals surface area (Å²) >= 11 is 0. The fourth-order valence-electron chi connectivity index (χ4n) is 4.07. The zero-order chi connectivity index (χ0) is 20.2. The molecule has 7 nitrogen and oxygen atoms in total. The van der Waals surface area contributed by atoms with E-state index in [1.165, 1.54) is 0 Å². The molecule has 0 radical (unpaired) electrons. The van der Waals surface area contributed by atoms with Crippen LogP contribution >= 0.6 is 0 Å². The van der Waals surface area contributed by atoms with Crippen LogP contribution in [0.5, 0.6) is 5.88 Å². The van der Waals surface area contributed by atoms with Crippen LogP contribution in [-0.2, 0) is 4.79 Å². The molecule has 146 valence electrons. The molecule has 1 aromatic heterocycles. The molecule has 0 saturated heterocycles. The van der Waals surface area contributed by atoms with E-state index in [2.05, 4.69) is 9.97 Å². The number of carbonyl (C=O) groups is 1. The van der Waals surface area contributed by atoms with Gasteiger partial charge in [-0.05, 0) is 23.1 Å². The number of allylic oxidation sites excluding steroid dienone is 2. The summed E-state index contributed by atoms with van der Waals surface area (Å²) in [5.41, 5.74) is 1.20. The number of aromatic nitrogens is 2. The molecule has 1 aromatic carbocycles. The van der Waals surface area contributed by atoms with Crippen LogP contribution in [0.4, 0.5) is 5.69 Å². The zero-order valence-corrected chi connectivity index (χ0v) is 16.4. The summed E-state index contributed by atoms with van der Waals surface area (Å²) in [5.74, 6) is 0.0692. The molecule has 0 spiro atoms. The van der Waals surface area contributed by atoms with Crippen molar-refractivity contribution >= 4 is 11.5 Å². The molecule has 7 heteroatoms. The number of hydrogen-bond acceptors (Lipinski definition) is 5. The standard InChI is InChI=1S/C21H23N3O4/c1-21(2)9-13(25)16-14(10-21)28-19-17(18(26)22-20(27)23-19)15(16)11-5-7-12(8-6-11)24(3)4/h5-8,15H,9-10H2,1-4H3,(H2,22,23,26,27). The Kier molecular flexibility index (Phi) is 4.06. The molecule has 0 bridgehead atoms. The summed E-state index contributed by atoms with van der Waals surface area (Å²) in [6.45, 7) is 4.02. The number of nitrogens with one attached hydrogen (secondary N) is 2. The minimum Gasteiger partial charge on any atom is -0.444 e. The first kappa shape index (κ1) is 18.3. The van der Waals surface area contributed by atoms with Crippen molar-refractivity contribution in [3.8, 4) is 5.88 Å². The van der Waals surface area contributed by atoms with Crippen LogP contribution < -0.4 is 20.9 Å². The molecule has 0 saturated carbocycles. The van der Waals surface area contributed by atoms with Crippen LogP contribution in [0.15, 0.2) is 45.2 Å². The molecule has 2 aromatic rings. The molecular formula is C21H23N3O4. The van der Waals surface area contributed by atoms with Gasteiger partial charge in [0.25, 0.3) is 5.56 Å². The number of carbonyl (C=O) groups excluding carboxylic acids is 1. The van der Waals surface area contributed by atoms with Crippen molar-refractivity contribution in [1.29, 1.82) is 0 Å². The fraction of sp³-hybridized carbons (Fsp3) is 0.381. The lowest BCUT2D eigenvalue weighted by molar-refractivity contribution is -0.118. The van der Waals surface area contributed by atoms with Crippen LogP contribution in [0.3, 0.4) is 0 Å². The lowest BCUT2D eigenvalue weighted by Crippen LogP contribution is -2.37. The van der Waals surface area contributed by atoms with Crippen LogP contribution in [0.25, 0.3) is 0 Å². The third-order valence-corrected chi connectivity index (χ3v) is 5.37. The summed E-state index contributed by atoms with van der Waals surface area (Å²) < 4.78 is 5.89. The first-order valence-electron chi connectivity index (χ1n) is 9.24. The molecule has 1 atom stereocenters. The highest BCUT2D eigenvalue weighted by atomic mass is 16.5. The maximum absolute atomic E-state index is 13.1. The quantitative estimate of drug-likeness (QED) is 0.832. The van der Waals surface area contributed by atoms with Crippen molar-refractivity contribution in [3.63, 3.8) is 0 Å². The van der Waals surface area contributed by atoms with Crippen molar-refractivity contribution in [1.82, 2.24) is 9.97 Å². The van der Waals surface area contributed by atoms with Crippen molar-refractivity contribution < 1.29 is 9.53 Å². The van der Waals surface area contributed by atoms with Gasteiger partial charge in [-0.1, -0.05) is 26.0 Å². The Balaban J connectivity index is 1.95. The number of aromatic amines is 2. The molecule has 2 heterocycles. The zero-order valence-electron chi connectivity index (χ0n) is 16.4. The van der Waals surface area contributed by atoms with E-state index in [-0.39, 0.29) is 22.6 Å². The lowest BCUT2D eigenvalue weighted by Gasteiger charge is -2.37.